The van der Waals surface area contributed by atoms with E-state index >= 15 is 0 Å². The van der Waals surface area contributed by atoms with E-state index in [9.17, 15) is 4.79 Å². The fraction of sp³-hybridized carbons (Fsp3) is 0.444. The molecule has 1 amide bonds. The van der Waals surface area contributed by atoms with Crippen LogP contribution in [0.15, 0.2) is 12.3 Å². The Kier molecular flexibility index (Phi) is 2.65. The summed E-state index contributed by atoms with van der Waals surface area (Å²) in [5.41, 5.74) is 0. The Morgan fingerprint density at radius 3 is 3.20 bits per heavy atom. The maximum Gasteiger partial charge on any atom is 0.239 e. The lowest BCUT2D eigenvalue weighted by Crippen LogP contribution is -2.44. The zero-order valence-corrected chi connectivity index (χ0v) is 8.10. The van der Waals surface area contributed by atoms with Crippen molar-refractivity contribution < 1.29 is 4.79 Å². The Hall–Kier alpha value is -1.87. The molecular formula is C9H11N5O. The molecule has 2 heterocycles. The molecule has 0 spiro atoms. The van der Waals surface area contributed by atoms with Gasteiger partial charge in [0, 0.05) is 19.2 Å². The minimum atomic E-state index is -0.300. The SMILES string of the molecule is N#CCC(=O)Nc1ccnn1C1CNC1. The monoisotopic (exact) mass is 205 g/mol. The molecule has 1 fully saturated rings. The van der Waals surface area contributed by atoms with Gasteiger partial charge in [-0.2, -0.15) is 10.4 Å². The van der Waals surface area contributed by atoms with Gasteiger partial charge in [-0.3, -0.25) is 4.79 Å². The Balaban J connectivity index is 2.05. The zero-order chi connectivity index (χ0) is 10.7. The first-order valence-electron chi connectivity index (χ1n) is 4.72. The number of nitrogens with one attached hydrogen (secondary N) is 2. The molecule has 0 radical (unpaired) electrons. The number of amides is 1. The van der Waals surface area contributed by atoms with Gasteiger partial charge in [-0.15, -0.1) is 0 Å². The molecule has 0 atom stereocenters. The second-order valence-electron chi connectivity index (χ2n) is 3.36. The maximum absolute atomic E-state index is 11.2. The molecular weight excluding hydrogens is 194 g/mol. The summed E-state index contributed by atoms with van der Waals surface area (Å²) in [5.74, 6) is 0.355. The number of carbonyl (C=O) groups is 1. The van der Waals surface area contributed by atoms with Crippen molar-refractivity contribution in [1.29, 1.82) is 5.26 Å². The van der Waals surface area contributed by atoms with Crippen LogP contribution in [0, 0.1) is 11.3 Å². The normalized spacial score (nSPS) is 15.4. The molecule has 6 heteroatoms. The third kappa shape index (κ3) is 1.97. The predicted octanol–water partition coefficient (Wildman–Crippen LogP) is -0.120. The van der Waals surface area contributed by atoms with Gasteiger partial charge < -0.3 is 10.6 Å². The number of aromatic nitrogens is 2. The van der Waals surface area contributed by atoms with Crippen LogP contribution < -0.4 is 10.6 Å². The first kappa shape index (κ1) is 9.68. The van der Waals surface area contributed by atoms with E-state index in [0.717, 1.165) is 13.1 Å². The minimum absolute atomic E-state index is 0.131. The van der Waals surface area contributed by atoms with Gasteiger partial charge in [0.05, 0.1) is 18.3 Å². The van der Waals surface area contributed by atoms with E-state index in [4.69, 9.17) is 5.26 Å². The lowest BCUT2D eigenvalue weighted by atomic mass is 10.2. The van der Waals surface area contributed by atoms with Crippen LogP contribution >= 0.6 is 0 Å². The second-order valence-corrected chi connectivity index (χ2v) is 3.36. The highest BCUT2D eigenvalue weighted by Gasteiger charge is 2.21. The van der Waals surface area contributed by atoms with Crippen LogP contribution in [0.4, 0.5) is 5.82 Å². The van der Waals surface area contributed by atoms with Crippen LogP contribution in [0.3, 0.4) is 0 Å². The number of nitrogens with zero attached hydrogens (tertiary/aromatic N) is 3. The highest BCUT2D eigenvalue weighted by molar-refractivity contribution is 5.91. The predicted molar refractivity (Wildman–Crippen MR) is 53.0 cm³/mol. The molecule has 0 saturated carbocycles. The van der Waals surface area contributed by atoms with E-state index in [1.807, 2.05) is 0 Å². The Morgan fingerprint density at radius 1 is 1.80 bits per heavy atom. The van der Waals surface area contributed by atoms with Crippen molar-refractivity contribution in [1.82, 2.24) is 15.1 Å². The van der Waals surface area contributed by atoms with Gasteiger partial charge >= 0.3 is 0 Å². The third-order valence-corrected chi connectivity index (χ3v) is 2.28. The molecule has 6 nitrogen and oxygen atoms in total. The van der Waals surface area contributed by atoms with E-state index in [2.05, 4.69) is 15.7 Å². The van der Waals surface area contributed by atoms with Gasteiger partial charge in [-0.1, -0.05) is 0 Å². The quantitative estimate of drug-likeness (QED) is 0.720. The fourth-order valence-electron chi connectivity index (χ4n) is 1.41. The number of anilines is 1. The molecule has 0 bridgehead atoms. The van der Waals surface area contributed by atoms with E-state index in [1.165, 1.54) is 0 Å². The second kappa shape index (κ2) is 4.11. The molecule has 1 aliphatic rings. The average Bonchev–Trinajstić information content (AvgIpc) is 2.51. The van der Waals surface area contributed by atoms with E-state index < -0.39 is 0 Å². The average molecular weight is 205 g/mol. The molecule has 1 aliphatic heterocycles. The molecule has 0 aromatic carbocycles. The lowest BCUT2D eigenvalue weighted by Gasteiger charge is -2.28. The molecule has 0 aliphatic carbocycles. The summed E-state index contributed by atoms with van der Waals surface area (Å²) >= 11 is 0. The third-order valence-electron chi connectivity index (χ3n) is 2.28. The van der Waals surface area contributed by atoms with Crippen molar-refractivity contribution in [3.8, 4) is 6.07 Å². The van der Waals surface area contributed by atoms with E-state index in [-0.39, 0.29) is 12.3 Å². The summed E-state index contributed by atoms with van der Waals surface area (Å²) in [6.45, 7) is 1.73. The summed E-state index contributed by atoms with van der Waals surface area (Å²) in [7, 11) is 0. The van der Waals surface area contributed by atoms with Crippen molar-refractivity contribution in [2.75, 3.05) is 18.4 Å². The van der Waals surface area contributed by atoms with Gasteiger partial charge in [-0.25, -0.2) is 4.68 Å². The van der Waals surface area contributed by atoms with Crippen molar-refractivity contribution >= 4 is 11.7 Å². The summed E-state index contributed by atoms with van der Waals surface area (Å²) in [6, 6.07) is 3.84. The van der Waals surface area contributed by atoms with Crippen LogP contribution in [0.25, 0.3) is 0 Å². The zero-order valence-electron chi connectivity index (χ0n) is 8.10. The smallest absolute Gasteiger partial charge is 0.239 e. The number of carbonyl (C=O) groups excluding carboxylic acids is 1. The van der Waals surface area contributed by atoms with Crippen LogP contribution in [0.2, 0.25) is 0 Å². The summed E-state index contributed by atoms with van der Waals surface area (Å²) < 4.78 is 1.77. The van der Waals surface area contributed by atoms with Crippen molar-refractivity contribution in [3.05, 3.63) is 12.3 Å². The largest absolute Gasteiger partial charge is 0.312 e. The van der Waals surface area contributed by atoms with Crippen LogP contribution in [-0.2, 0) is 4.79 Å². The fourth-order valence-corrected chi connectivity index (χ4v) is 1.41. The van der Waals surface area contributed by atoms with Gasteiger partial charge in [0.15, 0.2) is 0 Å². The number of hydrogen-bond acceptors (Lipinski definition) is 4. The summed E-state index contributed by atoms with van der Waals surface area (Å²) in [5, 5.41) is 18.3. The lowest BCUT2D eigenvalue weighted by molar-refractivity contribution is -0.115. The molecule has 2 N–H and O–H groups in total. The van der Waals surface area contributed by atoms with Crippen molar-refractivity contribution in [3.63, 3.8) is 0 Å². The number of rotatable bonds is 3. The number of hydrogen-bond donors (Lipinski definition) is 2. The van der Waals surface area contributed by atoms with Gasteiger partial charge in [0.2, 0.25) is 5.91 Å². The van der Waals surface area contributed by atoms with E-state index in [1.54, 1.807) is 23.0 Å². The van der Waals surface area contributed by atoms with Gasteiger partial charge in [0.1, 0.15) is 12.2 Å². The molecule has 15 heavy (non-hydrogen) atoms. The Morgan fingerprint density at radius 2 is 2.60 bits per heavy atom. The Bertz CT molecular complexity index is 401. The number of nitriles is 1. The molecule has 1 saturated heterocycles. The highest BCUT2D eigenvalue weighted by Crippen LogP contribution is 2.17. The van der Waals surface area contributed by atoms with Crippen LogP contribution in [0.1, 0.15) is 12.5 Å². The van der Waals surface area contributed by atoms with Crippen molar-refractivity contribution in [2.45, 2.75) is 12.5 Å². The standard InChI is InChI=1S/C9H11N5O/c10-3-1-9(15)13-8-2-4-12-14(8)7-5-11-6-7/h2,4,7,11H,1,5-6H2,(H,13,15). The highest BCUT2D eigenvalue weighted by atomic mass is 16.1. The molecule has 78 valence electrons. The van der Waals surface area contributed by atoms with Crippen LogP contribution in [-0.4, -0.2) is 28.8 Å². The topological polar surface area (TPSA) is 82.7 Å². The first-order valence-corrected chi connectivity index (χ1v) is 4.72. The summed E-state index contributed by atoms with van der Waals surface area (Å²) in [6.07, 6.45) is 1.51. The van der Waals surface area contributed by atoms with Crippen LogP contribution in [0.5, 0.6) is 0 Å². The summed E-state index contributed by atoms with van der Waals surface area (Å²) in [4.78, 5) is 11.2. The van der Waals surface area contributed by atoms with Gasteiger partial charge in [0.25, 0.3) is 0 Å². The minimum Gasteiger partial charge on any atom is -0.312 e. The van der Waals surface area contributed by atoms with Gasteiger partial charge in [-0.05, 0) is 0 Å². The molecule has 2 rings (SSSR count). The maximum atomic E-state index is 11.2. The Labute approximate surface area is 86.9 Å². The molecule has 0 unspecified atom stereocenters. The van der Waals surface area contributed by atoms with E-state index in [0.29, 0.717) is 11.9 Å². The first-order chi connectivity index (χ1) is 7.31. The molecule has 1 aromatic rings. The molecule has 1 aromatic heterocycles. The van der Waals surface area contributed by atoms with Crippen molar-refractivity contribution in [2.24, 2.45) is 0 Å².